The summed E-state index contributed by atoms with van der Waals surface area (Å²) in [5.74, 6) is -0.319. The van der Waals surface area contributed by atoms with E-state index >= 15 is 0 Å². The highest BCUT2D eigenvalue weighted by atomic mass is 32.2. The molecule has 8 heteroatoms. The molecule has 1 aliphatic rings. The maximum absolute atomic E-state index is 12.1. The van der Waals surface area contributed by atoms with Crippen molar-refractivity contribution in [3.05, 3.63) is 24.0 Å². The van der Waals surface area contributed by atoms with Crippen molar-refractivity contribution >= 4 is 15.9 Å². The monoisotopic (exact) mass is 329 g/mol. The van der Waals surface area contributed by atoms with Crippen molar-refractivity contribution in [1.82, 2.24) is 14.2 Å². The molecule has 0 spiro atoms. The molecular formula is C14H23N3O4S. The van der Waals surface area contributed by atoms with Gasteiger partial charge in [-0.3, -0.25) is 4.79 Å². The third-order valence-electron chi connectivity index (χ3n) is 4.09. The van der Waals surface area contributed by atoms with Crippen LogP contribution < -0.4 is 5.32 Å². The first-order valence-electron chi connectivity index (χ1n) is 7.31. The zero-order chi connectivity index (χ0) is 16.3. The number of rotatable bonds is 5. The summed E-state index contributed by atoms with van der Waals surface area (Å²) in [4.78, 5) is 12.1. The Balaban J connectivity index is 1.80. The number of hydrogen-bond acceptors (Lipinski definition) is 4. The molecular weight excluding hydrogens is 306 g/mol. The predicted octanol–water partition coefficient (Wildman–Crippen LogP) is -0.154. The van der Waals surface area contributed by atoms with E-state index in [1.165, 1.54) is 10.6 Å². The lowest BCUT2D eigenvalue weighted by Gasteiger charge is -2.29. The Morgan fingerprint density at radius 2 is 2.09 bits per heavy atom. The predicted molar refractivity (Wildman–Crippen MR) is 82.5 cm³/mol. The fraction of sp³-hybridized carbons (Fsp3) is 0.643. The van der Waals surface area contributed by atoms with Gasteiger partial charge in [-0.05, 0) is 25.0 Å². The Morgan fingerprint density at radius 3 is 2.59 bits per heavy atom. The van der Waals surface area contributed by atoms with Crippen LogP contribution in [0.4, 0.5) is 0 Å². The van der Waals surface area contributed by atoms with Gasteiger partial charge in [-0.25, -0.2) is 12.7 Å². The second kappa shape index (κ2) is 6.80. The van der Waals surface area contributed by atoms with Gasteiger partial charge in [0.1, 0.15) is 6.10 Å². The van der Waals surface area contributed by atoms with E-state index < -0.39 is 16.1 Å². The molecule has 1 atom stereocenters. The summed E-state index contributed by atoms with van der Waals surface area (Å²) < 4.78 is 26.1. The van der Waals surface area contributed by atoms with Gasteiger partial charge in [0.2, 0.25) is 15.9 Å². The van der Waals surface area contributed by atoms with Crippen molar-refractivity contribution in [3.8, 4) is 0 Å². The zero-order valence-corrected chi connectivity index (χ0v) is 13.7. The lowest BCUT2D eigenvalue weighted by molar-refractivity contribution is -0.126. The van der Waals surface area contributed by atoms with Crippen molar-refractivity contribution in [2.75, 3.05) is 25.9 Å². The Morgan fingerprint density at radius 1 is 1.45 bits per heavy atom. The van der Waals surface area contributed by atoms with Crippen molar-refractivity contribution in [2.24, 2.45) is 13.0 Å². The van der Waals surface area contributed by atoms with Crippen LogP contribution in [0.3, 0.4) is 0 Å². The number of carbonyl (C=O) groups excluding carboxylic acids is 1. The van der Waals surface area contributed by atoms with Gasteiger partial charge < -0.3 is 15.0 Å². The Bertz CT molecular complexity index is 618. The highest BCUT2D eigenvalue weighted by Crippen LogP contribution is 2.19. The molecule has 0 aromatic carbocycles. The largest absolute Gasteiger partial charge is 0.385 e. The van der Waals surface area contributed by atoms with Crippen LogP contribution in [0.25, 0.3) is 0 Å². The Kier molecular flexibility index (Phi) is 5.25. The van der Waals surface area contributed by atoms with E-state index in [-0.39, 0.29) is 18.4 Å². The fourth-order valence-corrected chi connectivity index (χ4v) is 3.59. The van der Waals surface area contributed by atoms with Gasteiger partial charge in [-0.2, -0.15) is 0 Å². The van der Waals surface area contributed by atoms with E-state index in [4.69, 9.17) is 0 Å². The van der Waals surface area contributed by atoms with Gasteiger partial charge in [-0.1, -0.05) is 0 Å². The van der Waals surface area contributed by atoms with Crippen LogP contribution in [0.5, 0.6) is 0 Å². The molecule has 1 saturated heterocycles. The van der Waals surface area contributed by atoms with Gasteiger partial charge in [0.15, 0.2) is 0 Å². The molecule has 0 bridgehead atoms. The lowest BCUT2D eigenvalue weighted by Crippen LogP contribution is -2.43. The van der Waals surface area contributed by atoms with Crippen LogP contribution in [-0.4, -0.2) is 54.2 Å². The minimum atomic E-state index is -3.18. The molecule has 22 heavy (non-hydrogen) atoms. The summed E-state index contributed by atoms with van der Waals surface area (Å²) in [6.07, 6.45) is 3.29. The van der Waals surface area contributed by atoms with Crippen molar-refractivity contribution in [1.29, 1.82) is 0 Å². The molecule has 0 radical (unpaired) electrons. The van der Waals surface area contributed by atoms with Crippen LogP contribution in [0, 0.1) is 5.92 Å². The molecule has 1 aromatic heterocycles. The average molecular weight is 329 g/mol. The number of sulfonamides is 1. The molecule has 1 amide bonds. The minimum Gasteiger partial charge on any atom is -0.385 e. The highest BCUT2D eigenvalue weighted by molar-refractivity contribution is 7.88. The molecule has 0 unspecified atom stereocenters. The normalized spacial score (nSPS) is 19.0. The van der Waals surface area contributed by atoms with Gasteiger partial charge in [-0.15, -0.1) is 0 Å². The van der Waals surface area contributed by atoms with Crippen LogP contribution in [0.2, 0.25) is 0 Å². The quantitative estimate of drug-likeness (QED) is 0.786. The minimum absolute atomic E-state index is 0.124. The number of hydrogen-bond donors (Lipinski definition) is 2. The first kappa shape index (κ1) is 17.0. The summed E-state index contributed by atoms with van der Waals surface area (Å²) in [5, 5.41) is 12.8. The van der Waals surface area contributed by atoms with Gasteiger partial charge in [0.05, 0.1) is 6.26 Å². The van der Waals surface area contributed by atoms with Crippen molar-refractivity contribution in [3.63, 3.8) is 0 Å². The standard InChI is InChI=1S/C14H23N3O4S/c1-16-7-3-4-12(16)13(18)10-15-14(19)11-5-8-17(9-6-11)22(2,20)21/h3-4,7,11,13,18H,5-6,8-10H2,1-2H3,(H,15,19)/t13-/m0/s1. The van der Waals surface area contributed by atoms with E-state index in [0.717, 1.165) is 5.69 Å². The summed E-state index contributed by atoms with van der Waals surface area (Å²) in [6.45, 7) is 0.900. The molecule has 1 fully saturated rings. The number of nitrogens with zero attached hydrogens (tertiary/aromatic N) is 2. The van der Waals surface area contributed by atoms with E-state index in [1.807, 2.05) is 19.3 Å². The smallest absolute Gasteiger partial charge is 0.223 e. The first-order chi connectivity index (χ1) is 10.3. The molecule has 1 aliphatic heterocycles. The molecule has 2 rings (SSSR count). The number of carbonyl (C=O) groups is 1. The summed E-state index contributed by atoms with van der Waals surface area (Å²) in [5.41, 5.74) is 0.743. The fourth-order valence-electron chi connectivity index (χ4n) is 2.72. The van der Waals surface area contributed by atoms with Gasteiger partial charge in [0.25, 0.3) is 0 Å². The summed E-state index contributed by atoms with van der Waals surface area (Å²) >= 11 is 0. The highest BCUT2D eigenvalue weighted by Gasteiger charge is 2.29. The maximum atomic E-state index is 12.1. The molecule has 0 aliphatic carbocycles. The zero-order valence-electron chi connectivity index (χ0n) is 12.9. The number of aliphatic hydroxyl groups is 1. The van der Waals surface area contributed by atoms with Crippen LogP contribution >= 0.6 is 0 Å². The topological polar surface area (TPSA) is 91.6 Å². The van der Waals surface area contributed by atoms with Gasteiger partial charge >= 0.3 is 0 Å². The van der Waals surface area contributed by atoms with E-state index in [1.54, 1.807) is 10.6 Å². The SMILES string of the molecule is Cn1cccc1[C@@H](O)CNC(=O)C1CCN(S(C)(=O)=O)CC1. The second-order valence-electron chi connectivity index (χ2n) is 5.74. The van der Waals surface area contributed by atoms with Crippen LogP contribution in [0.15, 0.2) is 18.3 Å². The molecule has 2 N–H and O–H groups in total. The van der Waals surface area contributed by atoms with Crippen LogP contribution in [-0.2, 0) is 21.9 Å². The number of aromatic nitrogens is 1. The Hall–Kier alpha value is -1.38. The molecule has 124 valence electrons. The second-order valence-corrected chi connectivity index (χ2v) is 7.72. The first-order valence-corrected chi connectivity index (χ1v) is 9.16. The number of amides is 1. The Labute approximate surface area is 131 Å². The van der Waals surface area contributed by atoms with E-state index in [2.05, 4.69) is 5.32 Å². The van der Waals surface area contributed by atoms with E-state index in [0.29, 0.717) is 25.9 Å². The third kappa shape index (κ3) is 4.08. The molecule has 1 aromatic rings. The molecule has 7 nitrogen and oxygen atoms in total. The maximum Gasteiger partial charge on any atom is 0.223 e. The molecule has 2 heterocycles. The average Bonchev–Trinajstić information content (AvgIpc) is 2.90. The number of nitrogens with one attached hydrogen (secondary N) is 1. The summed E-state index contributed by atoms with van der Waals surface area (Å²) in [7, 11) is -1.34. The lowest BCUT2D eigenvalue weighted by atomic mass is 9.97. The van der Waals surface area contributed by atoms with Crippen molar-refractivity contribution in [2.45, 2.75) is 18.9 Å². The molecule has 0 saturated carbocycles. The van der Waals surface area contributed by atoms with Crippen molar-refractivity contribution < 1.29 is 18.3 Å². The summed E-state index contributed by atoms with van der Waals surface area (Å²) in [6, 6.07) is 3.64. The number of piperidine rings is 1. The number of aliphatic hydroxyl groups excluding tert-OH is 1. The van der Waals surface area contributed by atoms with Gasteiger partial charge in [0, 0.05) is 44.5 Å². The number of aryl methyl sites for hydroxylation is 1. The van der Waals surface area contributed by atoms with E-state index in [9.17, 15) is 18.3 Å². The third-order valence-corrected chi connectivity index (χ3v) is 5.39. The van der Waals surface area contributed by atoms with Crippen LogP contribution in [0.1, 0.15) is 24.6 Å².